The number of rotatable bonds is 1. The van der Waals surface area contributed by atoms with Crippen molar-refractivity contribution < 1.29 is 29.7 Å². The molecular weight excluding hydrogens is 422 g/mol. The summed E-state index contributed by atoms with van der Waals surface area (Å²) >= 11 is 5.10. The molecule has 2 aliphatic rings. The molecule has 3 unspecified atom stereocenters. The molecule has 1 N–H and O–H groups in total. The molecule has 0 aromatic rings. The molecule has 1 radical (unpaired) electrons. The third-order valence-corrected chi connectivity index (χ3v) is 4.13. The minimum Gasteiger partial charge on any atom is -0.789 e. The number of hydrogen-bond acceptors (Lipinski definition) is 2. The molecule has 18 heavy (non-hydrogen) atoms. The Hall–Kier alpha value is 0.456. The van der Waals surface area contributed by atoms with Gasteiger partial charge in [-0.25, -0.2) is 0 Å². The summed E-state index contributed by atoms with van der Waals surface area (Å²) < 4.78 is 0. The second kappa shape index (κ2) is 10.3. The van der Waals surface area contributed by atoms with Crippen LogP contribution in [0.25, 0.3) is 0 Å². The summed E-state index contributed by atoms with van der Waals surface area (Å²) in [7, 11) is 0. The van der Waals surface area contributed by atoms with Crippen LogP contribution < -0.4 is 0 Å². The van der Waals surface area contributed by atoms with Crippen molar-refractivity contribution in [3.63, 3.8) is 0 Å². The van der Waals surface area contributed by atoms with Crippen molar-refractivity contribution in [3.8, 4) is 0 Å². The molecule has 2 fully saturated rings. The van der Waals surface area contributed by atoms with Crippen LogP contribution in [0.2, 0.25) is 0 Å². The fourth-order valence-electron chi connectivity index (χ4n) is 2.80. The predicted molar refractivity (Wildman–Crippen MR) is 73.0 cm³/mol. The Morgan fingerprint density at radius 2 is 1.44 bits per heavy atom. The topological polar surface area (TPSA) is 37.3 Å². The van der Waals surface area contributed by atoms with Crippen LogP contribution in [0.4, 0.5) is 0 Å². The van der Waals surface area contributed by atoms with Gasteiger partial charge < -0.3 is 17.7 Å². The molecule has 2 aliphatic carbocycles. The maximum absolute atomic E-state index is 10.6. The van der Waals surface area contributed by atoms with Crippen molar-refractivity contribution in [2.75, 3.05) is 0 Å². The van der Waals surface area contributed by atoms with E-state index in [1.165, 1.54) is 38.5 Å². The minimum absolute atomic E-state index is 0. The normalized spacial score (nSPS) is 31.6. The van der Waals surface area contributed by atoms with Crippen molar-refractivity contribution in [2.45, 2.75) is 70.0 Å². The van der Waals surface area contributed by atoms with Gasteiger partial charge >= 0.3 is 25.8 Å². The van der Waals surface area contributed by atoms with Crippen LogP contribution >= 0.6 is 0 Å². The summed E-state index contributed by atoms with van der Waals surface area (Å²) in [5.74, 6) is -0.361. The summed E-state index contributed by atoms with van der Waals surface area (Å²) in [6, 6.07) is 0. The molecule has 0 bridgehead atoms. The van der Waals surface area contributed by atoms with Gasteiger partial charge in [0.1, 0.15) is 0 Å². The number of carboxylic acids is 1. The molecule has 107 valence electrons. The molecule has 0 amide bonds. The second-order valence-electron chi connectivity index (χ2n) is 5.59. The molecular formula is C14H25O2OsS. The van der Waals surface area contributed by atoms with E-state index in [0.717, 1.165) is 12.8 Å². The van der Waals surface area contributed by atoms with Gasteiger partial charge in [0.2, 0.25) is 0 Å². The minimum atomic E-state index is -0.675. The Bertz CT molecular complexity index is 210. The molecule has 2 nitrogen and oxygen atoms in total. The monoisotopic (exact) mass is 449 g/mol. The molecule has 2 rings (SSSR count). The van der Waals surface area contributed by atoms with E-state index in [-0.39, 0.29) is 31.0 Å². The zero-order valence-electron chi connectivity index (χ0n) is 11.2. The average Bonchev–Trinajstić information content (AvgIpc) is 2.31. The van der Waals surface area contributed by atoms with Crippen LogP contribution in [0.3, 0.4) is 0 Å². The van der Waals surface area contributed by atoms with Gasteiger partial charge in [0.25, 0.3) is 0 Å². The van der Waals surface area contributed by atoms with Gasteiger partial charge in [-0.1, -0.05) is 58.3 Å². The summed E-state index contributed by atoms with van der Waals surface area (Å²) in [5.41, 5.74) is 0. The fraction of sp³-hybridized carbons (Fsp3) is 0.929. The fourth-order valence-corrected chi connectivity index (χ4v) is 3.36. The number of carboxylic acid groups (broad SMARTS) is 1. The number of hydrogen-bond donors (Lipinski definition) is 1. The molecule has 0 heterocycles. The van der Waals surface area contributed by atoms with Crippen LogP contribution in [-0.2, 0) is 37.2 Å². The molecule has 0 spiro atoms. The smallest absolute Gasteiger partial charge is 0.789 e. The van der Waals surface area contributed by atoms with Gasteiger partial charge in [0.05, 0.1) is 5.92 Å². The van der Waals surface area contributed by atoms with Gasteiger partial charge in [-0.05, 0) is 12.3 Å². The predicted octanol–water partition coefficient (Wildman–Crippen LogP) is 3.76. The van der Waals surface area contributed by atoms with Gasteiger partial charge in [0.15, 0.2) is 0 Å². The zero-order chi connectivity index (χ0) is 12.7. The van der Waals surface area contributed by atoms with Crippen LogP contribution in [0.15, 0.2) is 0 Å². The SMILES string of the molecule is C1CCCCC1.CC1CC([S-])CC(C(=O)O)C1.[Os+]. The van der Waals surface area contributed by atoms with Crippen LogP contribution in [-0.4, -0.2) is 16.3 Å². The van der Waals surface area contributed by atoms with Crippen molar-refractivity contribution in [1.29, 1.82) is 0 Å². The molecule has 4 heteroatoms. The van der Waals surface area contributed by atoms with Crippen molar-refractivity contribution in [2.24, 2.45) is 11.8 Å². The molecule has 0 aromatic heterocycles. The standard InChI is InChI=1S/C8H14O2S.C6H12.Os/c1-5-2-6(8(9)10)4-7(11)3-5;1-2-4-6-5-3-1;/h5-7,11H,2-4H2,1H3,(H,9,10);1-6H2;/q;;+1/p-1. The Morgan fingerprint density at radius 3 is 1.78 bits per heavy atom. The van der Waals surface area contributed by atoms with Gasteiger partial charge in [0, 0.05) is 0 Å². The molecule has 0 saturated heterocycles. The largest absolute Gasteiger partial charge is 1.00 e. The van der Waals surface area contributed by atoms with Crippen LogP contribution in [0.5, 0.6) is 0 Å². The Balaban J connectivity index is 0.000000352. The third-order valence-electron chi connectivity index (χ3n) is 3.75. The van der Waals surface area contributed by atoms with Crippen molar-refractivity contribution >= 4 is 18.6 Å². The van der Waals surface area contributed by atoms with Gasteiger partial charge in [-0.15, -0.1) is 0 Å². The summed E-state index contributed by atoms with van der Waals surface area (Å²) in [6.07, 6.45) is 11.5. The quantitative estimate of drug-likeness (QED) is 0.622. The maximum atomic E-state index is 10.6. The first-order valence-corrected chi connectivity index (χ1v) is 7.45. The van der Waals surface area contributed by atoms with Crippen molar-refractivity contribution in [3.05, 3.63) is 0 Å². The van der Waals surface area contributed by atoms with E-state index in [2.05, 4.69) is 6.92 Å². The summed E-state index contributed by atoms with van der Waals surface area (Å²) in [6.45, 7) is 2.08. The first kappa shape index (κ1) is 18.5. The van der Waals surface area contributed by atoms with Crippen LogP contribution in [0.1, 0.15) is 64.7 Å². The average molecular weight is 448 g/mol. The van der Waals surface area contributed by atoms with E-state index in [9.17, 15) is 4.79 Å². The Kier molecular flexibility index (Phi) is 10.5. The van der Waals surface area contributed by atoms with Gasteiger partial charge in [-0.3, -0.25) is 4.79 Å². The van der Waals surface area contributed by atoms with Crippen LogP contribution in [0, 0.1) is 11.8 Å². The third kappa shape index (κ3) is 7.80. The van der Waals surface area contributed by atoms with E-state index >= 15 is 0 Å². The van der Waals surface area contributed by atoms with Gasteiger partial charge in [-0.2, -0.15) is 5.25 Å². The van der Waals surface area contributed by atoms with Crippen molar-refractivity contribution in [1.82, 2.24) is 0 Å². The molecule has 2 saturated carbocycles. The number of aliphatic carboxylic acids is 1. The molecule has 0 aromatic carbocycles. The Morgan fingerprint density at radius 1 is 1.00 bits per heavy atom. The molecule has 0 aliphatic heterocycles. The summed E-state index contributed by atoms with van der Waals surface area (Å²) in [4.78, 5) is 10.6. The Labute approximate surface area is 130 Å². The zero-order valence-corrected chi connectivity index (χ0v) is 14.6. The van der Waals surface area contributed by atoms with E-state index in [4.69, 9.17) is 17.7 Å². The van der Waals surface area contributed by atoms with E-state index in [0.29, 0.717) is 12.3 Å². The maximum Gasteiger partial charge on any atom is 1.00 e. The summed E-state index contributed by atoms with van der Waals surface area (Å²) in [5, 5.41) is 8.91. The van der Waals surface area contributed by atoms with E-state index < -0.39 is 5.97 Å². The first-order valence-electron chi connectivity index (χ1n) is 6.98. The number of carbonyl (C=O) groups is 1. The molecule has 3 atom stereocenters. The van der Waals surface area contributed by atoms with E-state index in [1.807, 2.05) is 0 Å². The van der Waals surface area contributed by atoms with E-state index in [1.54, 1.807) is 0 Å². The second-order valence-corrected chi connectivity index (χ2v) is 6.26. The first-order chi connectivity index (χ1) is 8.09.